The van der Waals surface area contributed by atoms with Crippen molar-refractivity contribution in [1.29, 1.82) is 0 Å². The summed E-state index contributed by atoms with van der Waals surface area (Å²) >= 11 is 0. The van der Waals surface area contributed by atoms with Crippen molar-refractivity contribution in [3.8, 4) is 0 Å². The molecule has 2 N–H and O–H groups in total. The Kier molecular flexibility index (Phi) is 5.41. The second-order valence-corrected chi connectivity index (χ2v) is 4.83. The van der Waals surface area contributed by atoms with Gasteiger partial charge in [-0.05, 0) is 26.7 Å². The molecule has 0 bridgehead atoms. The second-order valence-electron chi connectivity index (χ2n) is 4.83. The van der Waals surface area contributed by atoms with Crippen LogP contribution in [0.5, 0.6) is 0 Å². The molecule has 1 fully saturated rings. The number of nitrogens with zero attached hydrogens (tertiary/aromatic N) is 1. The Morgan fingerprint density at radius 1 is 1.59 bits per heavy atom. The van der Waals surface area contributed by atoms with E-state index >= 15 is 0 Å². The molecule has 1 rings (SSSR count). The standard InChI is InChI=1S/C12H22N2O3/c1-9(2)14(7-5-12(16)17)10-4-3-6-13-11(15)8-10/h9-10H,3-8H2,1-2H3,(H,13,15)(H,16,17). The zero-order valence-corrected chi connectivity index (χ0v) is 10.6. The lowest BCUT2D eigenvalue weighted by Gasteiger charge is -2.33. The SMILES string of the molecule is CC(C)N(CCC(=O)O)C1CCCNC(=O)C1. The molecule has 1 unspecified atom stereocenters. The third-order valence-electron chi connectivity index (χ3n) is 3.17. The van der Waals surface area contributed by atoms with Crippen LogP contribution < -0.4 is 5.32 Å². The molecule has 1 heterocycles. The van der Waals surface area contributed by atoms with Crippen molar-refractivity contribution >= 4 is 11.9 Å². The summed E-state index contributed by atoms with van der Waals surface area (Å²) in [7, 11) is 0. The molecular formula is C12H22N2O3. The van der Waals surface area contributed by atoms with Crippen LogP contribution in [0.2, 0.25) is 0 Å². The number of hydrogen-bond acceptors (Lipinski definition) is 3. The molecule has 1 amide bonds. The third-order valence-corrected chi connectivity index (χ3v) is 3.17. The van der Waals surface area contributed by atoms with Crippen LogP contribution in [0.1, 0.15) is 39.5 Å². The molecule has 0 aliphatic carbocycles. The summed E-state index contributed by atoms with van der Waals surface area (Å²) in [6.07, 6.45) is 2.54. The average Bonchev–Trinajstić information content (AvgIpc) is 2.42. The van der Waals surface area contributed by atoms with Crippen LogP contribution in [-0.2, 0) is 9.59 Å². The zero-order chi connectivity index (χ0) is 12.8. The van der Waals surface area contributed by atoms with Gasteiger partial charge < -0.3 is 10.4 Å². The van der Waals surface area contributed by atoms with Gasteiger partial charge in [-0.3, -0.25) is 14.5 Å². The quantitative estimate of drug-likeness (QED) is 0.749. The minimum atomic E-state index is -0.784. The Labute approximate surface area is 102 Å². The number of rotatable bonds is 5. The van der Waals surface area contributed by atoms with Gasteiger partial charge in [0.2, 0.25) is 5.91 Å². The van der Waals surface area contributed by atoms with E-state index in [9.17, 15) is 9.59 Å². The third kappa shape index (κ3) is 4.73. The minimum absolute atomic E-state index is 0.0773. The zero-order valence-electron chi connectivity index (χ0n) is 10.6. The van der Waals surface area contributed by atoms with Gasteiger partial charge in [-0.15, -0.1) is 0 Å². The molecule has 0 radical (unpaired) electrons. The number of amides is 1. The van der Waals surface area contributed by atoms with E-state index in [1.54, 1.807) is 0 Å². The minimum Gasteiger partial charge on any atom is -0.481 e. The Bertz CT molecular complexity index is 279. The normalized spacial score (nSPS) is 21.4. The Morgan fingerprint density at radius 3 is 2.88 bits per heavy atom. The van der Waals surface area contributed by atoms with Crippen molar-refractivity contribution in [3.63, 3.8) is 0 Å². The molecule has 98 valence electrons. The molecule has 1 atom stereocenters. The van der Waals surface area contributed by atoms with E-state index < -0.39 is 5.97 Å². The first-order valence-corrected chi connectivity index (χ1v) is 6.25. The molecule has 17 heavy (non-hydrogen) atoms. The van der Waals surface area contributed by atoms with Gasteiger partial charge in [0.25, 0.3) is 0 Å². The summed E-state index contributed by atoms with van der Waals surface area (Å²) in [5.41, 5.74) is 0. The number of hydrogen-bond donors (Lipinski definition) is 2. The van der Waals surface area contributed by atoms with Gasteiger partial charge in [0.1, 0.15) is 0 Å². The van der Waals surface area contributed by atoms with Gasteiger partial charge in [-0.1, -0.05) is 0 Å². The summed E-state index contributed by atoms with van der Waals surface area (Å²) in [4.78, 5) is 24.3. The molecule has 1 aliphatic rings. The van der Waals surface area contributed by atoms with Crippen LogP contribution in [-0.4, -0.2) is 47.1 Å². The molecule has 0 aromatic carbocycles. The molecule has 0 saturated carbocycles. The first kappa shape index (κ1) is 14.0. The maximum absolute atomic E-state index is 11.5. The molecule has 5 nitrogen and oxygen atoms in total. The molecule has 0 spiro atoms. The molecule has 5 heteroatoms. The predicted molar refractivity (Wildman–Crippen MR) is 64.7 cm³/mol. The summed E-state index contributed by atoms with van der Waals surface area (Å²) in [5, 5.41) is 11.6. The second kappa shape index (κ2) is 6.59. The van der Waals surface area contributed by atoms with E-state index in [4.69, 9.17) is 5.11 Å². The molecule has 0 aromatic heterocycles. The van der Waals surface area contributed by atoms with Crippen LogP contribution in [0.15, 0.2) is 0 Å². The van der Waals surface area contributed by atoms with E-state index in [-0.39, 0.29) is 24.4 Å². The highest BCUT2D eigenvalue weighted by Gasteiger charge is 2.25. The number of carbonyl (C=O) groups excluding carboxylic acids is 1. The average molecular weight is 242 g/mol. The highest BCUT2D eigenvalue weighted by Crippen LogP contribution is 2.17. The van der Waals surface area contributed by atoms with E-state index in [0.717, 1.165) is 19.4 Å². The van der Waals surface area contributed by atoms with Crippen molar-refractivity contribution in [3.05, 3.63) is 0 Å². The lowest BCUT2D eigenvalue weighted by Crippen LogP contribution is -2.43. The van der Waals surface area contributed by atoms with Crippen molar-refractivity contribution in [2.45, 2.75) is 51.6 Å². The van der Waals surface area contributed by atoms with Crippen LogP contribution in [0, 0.1) is 0 Å². The predicted octanol–water partition coefficient (Wildman–Crippen LogP) is 0.840. The smallest absolute Gasteiger partial charge is 0.304 e. The van der Waals surface area contributed by atoms with Crippen molar-refractivity contribution in [1.82, 2.24) is 10.2 Å². The van der Waals surface area contributed by atoms with E-state index in [1.165, 1.54) is 0 Å². The van der Waals surface area contributed by atoms with Gasteiger partial charge in [0.05, 0.1) is 6.42 Å². The van der Waals surface area contributed by atoms with Crippen LogP contribution >= 0.6 is 0 Å². The summed E-state index contributed by atoms with van der Waals surface area (Å²) < 4.78 is 0. The summed E-state index contributed by atoms with van der Waals surface area (Å²) in [6.45, 7) is 5.35. The van der Waals surface area contributed by atoms with Gasteiger partial charge in [0.15, 0.2) is 0 Å². The monoisotopic (exact) mass is 242 g/mol. The first-order valence-electron chi connectivity index (χ1n) is 6.25. The maximum Gasteiger partial charge on any atom is 0.304 e. The number of carbonyl (C=O) groups is 2. The number of carboxylic acid groups (broad SMARTS) is 1. The molecular weight excluding hydrogens is 220 g/mol. The van der Waals surface area contributed by atoms with E-state index in [1.807, 2.05) is 13.8 Å². The maximum atomic E-state index is 11.5. The van der Waals surface area contributed by atoms with Gasteiger partial charge in [0, 0.05) is 31.6 Å². The van der Waals surface area contributed by atoms with Crippen LogP contribution in [0.25, 0.3) is 0 Å². The van der Waals surface area contributed by atoms with E-state index in [2.05, 4.69) is 10.2 Å². The Morgan fingerprint density at radius 2 is 2.29 bits per heavy atom. The fourth-order valence-corrected chi connectivity index (χ4v) is 2.32. The Hall–Kier alpha value is -1.10. The molecule has 1 saturated heterocycles. The highest BCUT2D eigenvalue weighted by atomic mass is 16.4. The van der Waals surface area contributed by atoms with Crippen molar-refractivity contribution < 1.29 is 14.7 Å². The van der Waals surface area contributed by atoms with Crippen molar-refractivity contribution in [2.24, 2.45) is 0 Å². The van der Waals surface area contributed by atoms with Crippen LogP contribution in [0.3, 0.4) is 0 Å². The number of carboxylic acids is 1. The first-order chi connectivity index (χ1) is 8.00. The van der Waals surface area contributed by atoms with Gasteiger partial charge in [-0.2, -0.15) is 0 Å². The Balaban J connectivity index is 2.60. The number of nitrogens with one attached hydrogen (secondary N) is 1. The lowest BCUT2D eigenvalue weighted by molar-refractivity contribution is -0.137. The summed E-state index contributed by atoms with van der Waals surface area (Å²) in [5.74, 6) is -0.706. The van der Waals surface area contributed by atoms with Crippen LogP contribution in [0.4, 0.5) is 0 Å². The number of aliphatic carboxylic acids is 1. The molecule has 0 aromatic rings. The largest absolute Gasteiger partial charge is 0.481 e. The molecule has 1 aliphatic heterocycles. The fourth-order valence-electron chi connectivity index (χ4n) is 2.32. The fraction of sp³-hybridized carbons (Fsp3) is 0.833. The lowest BCUT2D eigenvalue weighted by atomic mass is 10.0. The van der Waals surface area contributed by atoms with Gasteiger partial charge >= 0.3 is 5.97 Å². The topological polar surface area (TPSA) is 69.6 Å². The summed E-state index contributed by atoms with van der Waals surface area (Å²) in [6, 6.07) is 0.446. The van der Waals surface area contributed by atoms with E-state index in [0.29, 0.717) is 13.0 Å². The van der Waals surface area contributed by atoms with Gasteiger partial charge in [-0.25, -0.2) is 0 Å². The van der Waals surface area contributed by atoms with Crippen molar-refractivity contribution in [2.75, 3.05) is 13.1 Å². The highest BCUT2D eigenvalue weighted by molar-refractivity contribution is 5.76.